The van der Waals surface area contributed by atoms with Gasteiger partial charge in [-0.2, -0.15) is 0 Å². The zero-order valence-corrected chi connectivity index (χ0v) is 10.6. The van der Waals surface area contributed by atoms with E-state index >= 15 is 0 Å². The largest absolute Gasteiger partial charge is 0.383 e. The van der Waals surface area contributed by atoms with Gasteiger partial charge in [-0.3, -0.25) is 4.79 Å². The highest BCUT2D eigenvalue weighted by Gasteiger charge is 2.20. The molecule has 0 saturated heterocycles. The molecule has 0 aromatic carbocycles. The minimum Gasteiger partial charge on any atom is -0.383 e. The molecule has 1 fully saturated rings. The first-order valence-corrected chi connectivity index (χ1v) is 6.49. The molecule has 0 bridgehead atoms. The number of rotatable bonds is 2. The molecule has 1 saturated carbocycles. The Morgan fingerprint density at radius 3 is 2.47 bits per heavy atom. The number of nitrogen functional groups attached to an aromatic ring is 1. The molecule has 1 heterocycles. The molecule has 1 aliphatic rings. The molecule has 17 heavy (non-hydrogen) atoms. The maximum atomic E-state index is 12.0. The second-order valence-electron chi connectivity index (χ2n) is 5.24. The molecule has 1 aromatic heterocycles. The predicted octanol–water partition coefficient (Wildman–Crippen LogP) is 2.52. The van der Waals surface area contributed by atoms with E-state index in [0.717, 1.165) is 18.7 Å². The number of anilines is 1. The quantitative estimate of drug-likeness (QED) is 0.827. The van der Waals surface area contributed by atoms with Crippen molar-refractivity contribution in [1.29, 1.82) is 0 Å². The molecule has 3 N–H and O–H groups in total. The number of nitrogens with one attached hydrogen (secondary N) is 1. The lowest BCUT2D eigenvalue weighted by molar-refractivity contribution is 0.428. The summed E-state index contributed by atoms with van der Waals surface area (Å²) in [6, 6.07) is 0. The van der Waals surface area contributed by atoms with Crippen LogP contribution in [-0.4, -0.2) is 9.97 Å². The van der Waals surface area contributed by atoms with Crippen LogP contribution in [0.3, 0.4) is 0 Å². The Morgan fingerprint density at radius 1 is 1.29 bits per heavy atom. The van der Waals surface area contributed by atoms with Gasteiger partial charge in [-0.15, -0.1) is 0 Å². The molecule has 2 rings (SSSR count). The van der Waals surface area contributed by atoms with E-state index in [-0.39, 0.29) is 11.5 Å². The van der Waals surface area contributed by atoms with E-state index in [9.17, 15) is 4.79 Å². The summed E-state index contributed by atoms with van der Waals surface area (Å²) in [6.07, 6.45) is 5.97. The Labute approximate surface area is 102 Å². The number of nitrogens with two attached hydrogens (primary N) is 1. The van der Waals surface area contributed by atoms with Gasteiger partial charge in [-0.1, -0.05) is 33.1 Å². The number of aromatic amines is 1. The monoisotopic (exact) mass is 235 g/mol. The van der Waals surface area contributed by atoms with Gasteiger partial charge >= 0.3 is 0 Å². The fourth-order valence-corrected chi connectivity index (χ4v) is 2.65. The van der Waals surface area contributed by atoms with E-state index in [0.29, 0.717) is 17.3 Å². The minimum absolute atomic E-state index is 0.0620. The summed E-state index contributed by atoms with van der Waals surface area (Å²) in [4.78, 5) is 19.3. The molecule has 0 radical (unpaired) electrons. The van der Waals surface area contributed by atoms with Crippen molar-refractivity contribution in [2.45, 2.75) is 57.8 Å². The van der Waals surface area contributed by atoms with Crippen molar-refractivity contribution >= 4 is 5.82 Å². The summed E-state index contributed by atoms with van der Waals surface area (Å²) in [5.41, 5.74) is 6.45. The zero-order chi connectivity index (χ0) is 12.4. The van der Waals surface area contributed by atoms with Crippen LogP contribution in [0.4, 0.5) is 5.82 Å². The van der Waals surface area contributed by atoms with Crippen LogP contribution in [0.2, 0.25) is 0 Å². The third kappa shape index (κ3) is 2.51. The van der Waals surface area contributed by atoms with Gasteiger partial charge in [-0.05, 0) is 18.8 Å². The smallest absolute Gasteiger partial charge is 0.256 e. The lowest BCUT2D eigenvalue weighted by Gasteiger charge is -2.21. The second-order valence-corrected chi connectivity index (χ2v) is 5.24. The molecule has 1 aliphatic carbocycles. The molecule has 0 spiro atoms. The third-order valence-corrected chi connectivity index (χ3v) is 3.57. The molecule has 0 unspecified atom stereocenters. The van der Waals surface area contributed by atoms with Crippen molar-refractivity contribution in [3.05, 3.63) is 21.7 Å². The van der Waals surface area contributed by atoms with Gasteiger partial charge < -0.3 is 10.7 Å². The van der Waals surface area contributed by atoms with Gasteiger partial charge in [0, 0.05) is 5.92 Å². The predicted molar refractivity (Wildman–Crippen MR) is 69.2 cm³/mol. The van der Waals surface area contributed by atoms with Crippen molar-refractivity contribution in [1.82, 2.24) is 9.97 Å². The SMILES string of the molecule is CC(C)c1c(N)nc(C2CCCCC2)[nH]c1=O. The highest BCUT2D eigenvalue weighted by molar-refractivity contribution is 5.40. The Morgan fingerprint density at radius 2 is 1.94 bits per heavy atom. The molecule has 0 aliphatic heterocycles. The Hall–Kier alpha value is -1.32. The first kappa shape index (κ1) is 12.1. The fourth-order valence-electron chi connectivity index (χ4n) is 2.65. The van der Waals surface area contributed by atoms with Crippen LogP contribution in [0.25, 0.3) is 0 Å². The minimum atomic E-state index is -0.0620. The second kappa shape index (κ2) is 4.90. The van der Waals surface area contributed by atoms with E-state index in [1.807, 2.05) is 13.8 Å². The van der Waals surface area contributed by atoms with E-state index in [4.69, 9.17) is 5.73 Å². The molecule has 0 atom stereocenters. The number of nitrogens with zero attached hydrogens (tertiary/aromatic N) is 1. The van der Waals surface area contributed by atoms with Crippen LogP contribution in [0.1, 0.15) is 69.2 Å². The highest BCUT2D eigenvalue weighted by Crippen LogP contribution is 2.30. The summed E-state index contributed by atoms with van der Waals surface area (Å²) >= 11 is 0. The number of hydrogen-bond donors (Lipinski definition) is 2. The first-order valence-electron chi connectivity index (χ1n) is 6.49. The average Bonchev–Trinajstić information content (AvgIpc) is 2.28. The lowest BCUT2D eigenvalue weighted by atomic mass is 9.88. The van der Waals surface area contributed by atoms with Gasteiger partial charge in [0.1, 0.15) is 11.6 Å². The highest BCUT2D eigenvalue weighted by atomic mass is 16.1. The average molecular weight is 235 g/mol. The van der Waals surface area contributed by atoms with Crippen molar-refractivity contribution in [3.63, 3.8) is 0 Å². The number of hydrogen-bond acceptors (Lipinski definition) is 3. The van der Waals surface area contributed by atoms with Crippen LogP contribution in [0, 0.1) is 0 Å². The Balaban J connectivity index is 2.34. The zero-order valence-electron chi connectivity index (χ0n) is 10.6. The van der Waals surface area contributed by atoms with Crippen molar-refractivity contribution < 1.29 is 0 Å². The summed E-state index contributed by atoms with van der Waals surface area (Å²) in [5, 5.41) is 0. The van der Waals surface area contributed by atoms with Crippen molar-refractivity contribution in [3.8, 4) is 0 Å². The molecule has 1 aromatic rings. The lowest BCUT2D eigenvalue weighted by Crippen LogP contribution is -2.23. The van der Waals surface area contributed by atoms with E-state index < -0.39 is 0 Å². The number of aromatic nitrogens is 2. The first-order chi connectivity index (χ1) is 8.09. The van der Waals surface area contributed by atoms with E-state index in [1.54, 1.807) is 0 Å². The Bertz CT molecular complexity index is 444. The van der Waals surface area contributed by atoms with E-state index in [1.165, 1.54) is 19.3 Å². The van der Waals surface area contributed by atoms with Gasteiger partial charge in [0.25, 0.3) is 5.56 Å². The van der Waals surface area contributed by atoms with Crippen LogP contribution in [0.15, 0.2) is 4.79 Å². The van der Waals surface area contributed by atoms with Crippen LogP contribution >= 0.6 is 0 Å². The molecular formula is C13H21N3O. The van der Waals surface area contributed by atoms with Crippen LogP contribution < -0.4 is 11.3 Å². The molecular weight excluding hydrogens is 214 g/mol. The van der Waals surface area contributed by atoms with Crippen molar-refractivity contribution in [2.75, 3.05) is 5.73 Å². The normalized spacial score (nSPS) is 17.6. The maximum Gasteiger partial charge on any atom is 0.256 e. The van der Waals surface area contributed by atoms with Crippen LogP contribution in [0.5, 0.6) is 0 Å². The van der Waals surface area contributed by atoms with Crippen molar-refractivity contribution in [2.24, 2.45) is 0 Å². The molecule has 94 valence electrons. The molecule has 0 amide bonds. The van der Waals surface area contributed by atoms with Gasteiger partial charge in [0.15, 0.2) is 0 Å². The molecule has 4 heteroatoms. The summed E-state index contributed by atoms with van der Waals surface area (Å²) < 4.78 is 0. The topological polar surface area (TPSA) is 71.8 Å². The molecule has 4 nitrogen and oxygen atoms in total. The van der Waals surface area contributed by atoms with Gasteiger partial charge in [-0.25, -0.2) is 4.98 Å². The third-order valence-electron chi connectivity index (χ3n) is 3.57. The summed E-state index contributed by atoms with van der Waals surface area (Å²) in [7, 11) is 0. The van der Waals surface area contributed by atoms with Crippen LogP contribution in [-0.2, 0) is 0 Å². The van der Waals surface area contributed by atoms with E-state index in [2.05, 4.69) is 9.97 Å². The summed E-state index contributed by atoms with van der Waals surface area (Å²) in [6.45, 7) is 3.92. The standard InChI is InChI=1S/C13H21N3O/c1-8(2)10-11(14)15-12(16-13(10)17)9-6-4-3-5-7-9/h8-9H,3-7H2,1-2H3,(H3,14,15,16,17). The maximum absolute atomic E-state index is 12.0. The Kier molecular flexibility index (Phi) is 3.50. The van der Waals surface area contributed by atoms with Gasteiger partial charge in [0.2, 0.25) is 0 Å². The summed E-state index contributed by atoms with van der Waals surface area (Å²) in [5.74, 6) is 1.70. The fraction of sp³-hybridized carbons (Fsp3) is 0.692. The number of H-pyrrole nitrogens is 1. The van der Waals surface area contributed by atoms with Gasteiger partial charge in [0.05, 0.1) is 5.56 Å².